The van der Waals surface area contributed by atoms with Crippen LogP contribution in [-0.2, 0) is 13.1 Å². The average Bonchev–Trinajstić information content (AvgIpc) is 3.48. The first-order valence-electron chi connectivity index (χ1n) is 12.0. The number of hydrogen-bond acceptors (Lipinski definition) is 8. The first-order chi connectivity index (χ1) is 19.0. The van der Waals surface area contributed by atoms with Gasteiger partial charge >= 0.3 is 0 Å². The predicted molar refractivity (Wildman–Crippen MR) is 144 cm³/mol. The zero-order chi connectivity index (χ0) is 27.4. The van der Waals surface area contributed by atoms with Crippen LogP contribution in [0.15, 0.2) is 71.7 Å². The summed E-state index contributed by atoms with van der Waals surface area (Å²) in [5.41, 5.74) is 2.48. The van der Waals surface area contributed by atoms with E-state index >= 15 is 0 Å². The molecule has 0 aliphatic rings. The molecule has 0 unspecified atom stereocenters. The molecule has 198 valence electrons. The van der Waals surface area contributed by atoms with Gasteiger partial charge in [0, 0.05) is 17.1 Å². The summed E-state index contributed by atoms with van der Waals surface area (Å²) >= 11 is 0. The van der Waals surface area contributed by atoms with Gasteiger partial charge < -0.3 is 19.5 Å². The summed E-state index contributed by atoms with van der Waals surface area (Å²) < 4.78 is 17.6. The Labute approximate surface area is 223 Å². The van der Waals surface area contributed by atoms with Crippen LogP contribution in [0.5, 0.6) is 17.2 Å². The standard InChI is InChI=1S/C28H26N6O5/c1-37-24-12-17(13-25(38-2)26(24)39-3)21-14-22(32-31-21)27(35)30-15-23-19-9-4-5-10-20(19)28(36)34(33-23)16-18-8-6-7-11-29-18/h4-14H,15-16H2,1-3H3,(H,30,35)(H,31,32). The third-order valence-corrected chi connectivity index (χ3v) is 6.18. The van der Waals surface area contributed by atoms with E-state index in [-0.39, 0.29) is 30.2 Å². The number of fused-ring (bicyclic) bond motifs is 1. The van der Waals surface area contributed by atoms with Crippen LogP contribution in [0.4, 0.5) is 0 Å². The molecule has 0 aliphatic carbocycles. The minimum atomic E-state index is -0.380. The highest BCUT2D eigenvalue weighted by Gasteiger charge is 2.18. The number of nitrogens with one attached hydrogen (secondary N) is 2. The number of methoxy groups -OCH3 is 3. The van der Waals surface area contributed by atoms with E-state index < -0.39 is 0 Å². The second-order valence-electron chi connectivity index (χ2n) is 8.54. The Morgan fingerprint density at radius 3 is 2.33 bits per heavy atom. The van der Waals surface area contributed by atoms with Gasteiger partial charge in [-0.3, -0.25) is 19.7 Å². The Morgan fingerprint density at radius 2 is 1.67 bits per heavy atom. The zero-order valence-electron chi connectivity index (χ0n) is 21.6. The maximum absolute atomic E-state index is 13.1. The number of pyridine rings is 1. The fourth-order valence-corrected chi connectivity index (χ4v) is 4.26. The Bertz CT molecular complexity index is 1670. The molecule has 0 saturated heterocycles. The van der Waals surface area contributed by atoms with E-state index in [1.165, 1.54) is 26.0 Å². The third kappa shape index (κ3) is 5.14. The lowest BCUT2D eigenvalue weighted by Gasteiger charge is -2.13. The van der Waals surface area contributed by atoms with E-state index in [1.807, 2.05) is 30.3 Å². The quantitative estimate of drug-likeness (QED) is 0.299. The summed E-state index contributed by atoms with van der Waals surface area (Å²) in [4.78, 5) is 30.4. The van der Waals surface area contributed by atoms with Crippen LogP contribution >= 0.6 is 0 Å². The van der Waals surface area contributed by atoms with Gasteiger partial charge in [-0.25, -0.2) is 4.68 Å². The molecule has 0 fully saturated rings. The van der Waals surface area contributed by atoms with E-state index in [2.05, 4.69) is 25.6 Å². The molecule has 0 atom stereocenters. The first kappa shape index (κ1) is 25.5. The summed E-state index contributed by atoms with van der Waals surface area (Å²) in [6.07, 6.45) is 1.67. The van der Waals surface area contributed by atoms with E-state index in [4.69, 9.17) is 14.2 Å². The smallest absolute Gasteiger partial charge is 0.275 e. The lowest BCUT2D eigenvalue weighted by atomic mass is 10.1. The number of aromatic amines is 1. The van der Waals surface area contributed by atoms with Crippen LogP contribution in [0, 0.1) is 0 Å². The van der Waals surface area contributed by atoms with Crippen molar-refractivity contribution in [2.75, 3.05) is 21.3 Å². The number of nitrogens with zero attached hydrogens (tertiary/aromatic N) is 4. The molecule has 39 heavy (non-hydrogen) atoms. The van der Waals surface area contributed by atoms with Crippen LogP contribution in [0.2, 0.25) is 0 Å². The zero-order valence-corrected chi connectivity index (χ0v) is 21.6. The number of ether oxygens (including phenoxy) is 3. The molecule has 0 saturated carbocycles. The maximum atomic E-state index is 13.1. The highest BCUT2D eigenvalue weighted by atomic mass is 16.5. The number of amides is 1. The van der Waals surface area contributed by atoms with Gasteiger partial charge in [-0.1, -0.05) is 24.3 Å². The highest BCUT2D eigenvalue weighted by Crippen LogP contribution is 2.40. The molecule has 2 aromatic carbocycles. The highest BCUT2D eigenvalue weighted by molar-refractivity contribution is 5.93. The second-order valence-corrected chi connectivity index (χ2v) is 8.54. The van der Waals surface area contributed by atoms with Crippen LogP contribution in [0.3, 0.4) is 0 Å². The summed E-state index contributed by atoms with van der Waals surface area (Å²) in [6.45, 7) is 0.310. The van der Waals surface area contributed by atoms with Gasteiger partial charge in [-0.2, -0.15) is 10.2 Å². The topological polar surface area (TPSA) is 133 Å². The Kier molecular flexibility index (Phi) is 7.21. The lowest BCUT2D eigenvalue weighted by Crippen LogP contribution is -2.29. The van der Waals surface area contributed by atoms with Gasteiger partial charge in [0.1, 0.15) is 5.69 Å². The molecule has 0 spiro atoms. The maximum Gasteiger partial charge on any atom is 0.275 e. The normalized spacial score (nSPS) is 10.8. The number of benzene rings is 2. The van der Waals surface area contributed by atoms with Crippen molar-refractivity contribution in [2.24, 2.45) is 0 Å². The number of rotatable bonds is 9. The molecule has 11 nitrogen and oxygen atoms in total. The van der Waals surface area contributed by atoms with Gasteiger partial charge in [0.15, 0.2) is 11.5 Å². The molecule has 11 heteroatoms. The SMILES string of the molecule is COc1cc(-c2cc(C(=O)NCc3nn(Cc4ccccn4)c(=O)c4ccccc34)[nH]n2)cc(OC)c1OC. The summed E-state index contributed by atoms with van der Waals surface area (Å²) in [5.74, 6) is 1.02. The molecule has 0 bridgehead atoms. The van der Waals surface area contributed by atoms with E-state index in [0.29, 0.717) is 50.7 Å². The molecule has 1 amide bonds. The molecule has 2 N–H and O–H groups in total. The Morgan fingerprint density at radius 1 is 0.949 bits per heavy atom. The second kappa shape index (κ2) is 11.1. The minimum Gasteiger partial charge on any atom is -0.493 e. The first-order valence-corrected chi connectivity index (χ1v) is 12.0. The molecule has 5 rings (SSSR count). The summed E-state index contributed by atoms with van der Waals surface area (Å²) in [5, 5.41) is 15.7. The number of aromatic nitrogens is 5. The molecular formula is C28H26N6O5. The van der Waals surface area contributed by atoms with Gasteiger partial charge in [0.2, 0.25) is 5.75 Å². The van der Waals surface area contributed by atoms with Crippen molar-refractivity contribution in [3.8, 4) is 28.5 Å². The molecule has 3 heterocycles. The van der Waals surface area contributed by atoms with Gasteiger partial charge in [-0.15, -0.1) is 0 Å². The molecular weight excluding hydrogens is 500 g/mol. The molecule has 0 radical (unpaired) electrons. The lowest BCUT2D eigenvalue weighted by molar-refractivity contribution is 0.0945. The van der Waals surface area contributed by atoms with Crippen molar-refractivity contribution in [2.45, 2.75) is 13.1 Å². The van der Waals surface area contributed by atoms with Crippen molar-refractivity contribution in [3.63, 3.8) is 0 Å². The van der Waals surface area contributed by atoms with Crippen LogP contribution < -0.4 is 25.1 Å². The van der Waals surface area contributed by atoms with Gasteiger partial charge in [0.25, 0.3) is 11.5 Å². The van der Waals surface area contributed by atoms with E-state index in [1.54, 1.807) is 36.5 Å². The Balaban J connectivity index is 1.39. The van der Waals surface area contributed by atoms with Crippen molar-refractivity contribution >= 4 is 16.7 Å². The average molecular weight is 527 g/mol. The number of hydrogen-bond donors (Lipinski definition) is 2. The van der Waals surface area contributed by atoms with Crippen molar-refractivity contribution < 1.29 is 19.0 Å². The third-order valence-electron chi connectivity index (χ3n) is 6.18. The fourth-order valence-electron chi connectivity index (χ4n) is 4.26. The largest absolute Gasteiger partial charge is 0.493 e. The van der Waals surface area contributed by atoms with Gasteiger partial charge in [-0.05, 0) is 36.4 Å². The monoisotopic (exact) mass is 526 g/mol. The molecule has 5 aromatic rings. The van der Waals surface area contributed by atoms with Crippen LogP contribution in [0.25, 0.3) is 22.0 Å². The molecule has 0 aliphatic heterocycles. The van der Waals surface area contributed by atoms with Crippen molar-refractivity contribution in [1.82, 2.24) is 30.3 Å². The van der Waals surface area contributed by atoms with Crippen molar-refractivity contribution in [3.05, 3.63) is 94.3 Å². The summed E-state index contributed by atoms with van der Waals surface area (Å²) in [6, 6.07) is 17.8. The number of carbonyl (C=O) groups excluding carboxylic acids is 1. The minimum absolute atomic E-state index is 0.0976. The van der Waals surface area contributed by atoms with E-state index in [9.17, 15) is 9.59 Å². The fraction of sp³-hybridized carbons (Fsp3) is 0.179. The van der Waals surface area contributed by atoms with E-state index in [0.717, 1.165) is 0 Å². The predicted octanol–water partition coefficient (Wildman–Crippen LogP) is 3.19. The summed E-state index contributed by atoms with van der Waals surface area (Å²) in [7, 11) is 4.59. The van der Waals surface area contributed by atoms with Gasteiger partial charge in [0.05, 0.1) is 56.9 Å². The number of carbonyl (C=O) groups is 1. The van der Waals surface area contributed by atoms with Crippen LogP contribution in [0.1, 0.15) is 21.9 Å². The van der Waals surface area contributed by atoms with Crippen molar-refractivity contribution in [1.29, 1.82) is 0 Å². The van der Waals surface area contributed by atoms with Crippen LogP contribution in [-0.4, -0.2) is 52.2 Å². The number of H-pyrrole nitrogens is 1. The Hall–Kier alpha value is -5.19. The molecule has 3 aromatic heterocycles.